The summed E-state index contributed by atoms with van der Waals surface area (Å²) < 4.78 is 0. The van der Waals surface area contributed by atoms with Crippen LogP contribution in [0.4, 0.5) is 0 Å². The topological polar surface area (TPSA) is 106 Å². The van der Waals surface area contributed by atoms with Crippen molar-refractivity contribution in [3.8, 4) is 12.1 Å². The molecule has 0 fully saturated rings. The lowest BCUT2D eigenvalue weighted by Gasteiger charge is -2.26. The average molecular weight is 368 g/mol. The Kier molecular flexibility index (Phi) is 5.32. The maximum atomic E-state index is 11.5. The number of rotatable bonds is 5. The van der Waals surface area contributed by atoms with Crippen molar-refractivity contribution in [3.05, 3.63) is 35.9 Å². The SMILES string of the molecule is N#CC(C1=NC(=O)CS1)C(c1ccccc1)C(C#N)C1=NC(=O)CS1. The summed E-state index contributed by atoms with van der Waals surface area (Å²) in [7, 11) is 0. The third-order valence-corrected chi connectivity index (χ3v) is 5.93. The van der Waals surface area contributed by atoms with Gasteiger partial charge in [-0.05, 0) is 5.56 Å². The predicted molar refractivity (Wildman–Crippen MR) is 97.2 cm³/mol. The molecule has 0 aromatic heterocycles. The van der Waals surface area contributed by atoms with Gasteiger partial charge in [-0.3, -0.25) is 9.59 Å². The number of hydrogen-bond donors (Lipinski definition) is 0. The molecule has 0 saturated carbocycles. The zero-order valence-electron chi connectivity index (χ0n) is 13.0. The Bertz CT molecular complexity index is 800. The van der Waals surface area contributed by atoms with E-state index in [9.17, 15) is 20.1 Å². The Morgan fingerprint density at radius 3 is 1.72 bits per heavy atom. The molecule has 3 rings (SSSR count). The highest BCUT2D eigenvalue weighted by molar-refractivity contribution is 8.15. The van der Waals surface area contributed by atoms with Gasteiger partial charge in [-0.2, -0.15) is 10.5 Å². The van der Waals surface area contributed by atoms with Crippen LogP contribution in [-0.2, 0) is 9.59 Å². The van der Waals surface area contributed by atoms with Crippen molar-refractivity contribution < 1.29 is 9.59 Å². The summed E-state index contributed by atoms with van der Waals surface area (Å²) in [5.74, 6) is -2.18. The van der Waals surface area contributed by atoms with Crippen molar-refractivity contribution in [1.29, 1.82) is 10.5 Å². The maximum Gasteiger partial charge on any atom is 0.256 e. The minimum Gasteiger partial charge on any atom is -0.272 e. The van der Waals surface area contributed by atoms with E-state index in [1.165, 1.54) is 23.5 Å². The second-order valence-corrected chi connectivity index (χ2v) is 7.41. The zero-order chi connectivity index (χ0) is 17.8. The van der Waals surface area contributed by atoms with Gasteiger partial charge in [-0.25, -0.2) is 9.98 Å². The van der Waals surface area contributed by atoms with Gasteiger partial charge >= 0.3 is 0 Å². The first-order valence-electron chi connectivity index (χ1n) is 7.46. The molecule has 1 aromatic carbocycles. The summed E-state index contributed by atoms with van der Waals surface area (Å²) in [6, 6.07) is 13.6. The summed E-state index contributed by atoms with van der Waals surface area (Å²) in [5, 5.41) is 20.4. The van der Waals surface area contributed by atoms with Crippen molar-refractivity contribution in [3.63, 3.8) is 0 Å². The first kappa shape index (κ1) is 17.4. The van der Waals surface area contributed by atoms with Gasteiger partial charge in [0.05, 0.1) is 33.7 Å². The van der Waals surface area contributed by atoms with Gasteiger partial charge in [0.25, 0.3) is 11.8 Å². The van der Waals surface area contributed by atoms with Crippen LogP contribution in [0.15, 0.2) is 40.3 Å². The number of nitrogens with zero attached hydrogens (tertiary/aromatic N) is 4. The number of carbonyl (C=O) groups is 2. The van der Waals surface area contributed by atoms with Gasteiger partial charge in [-0.15, -0.1) is 0 Å². The third-order valence-electron chi connectivity index (χ3n) is 3.87. The van der Waals surface area contributed by atoms with Crippen LogP contribution < -0.4 is 0 Å². The van der Waals surface area contributed by atoms with Gasteiger partial charge in [-0.1, -0.05) is 53.9 Å². The lowest BCUT2D eigenvalue weighted by molar-refractivity contribution is -0.116. The van der Waals surface area contributed by atoms with Crippen molar-refractivity contribution in [2.45, 2.75) is 5.92 Å². The van der Waals surface area contributed by atoms with Crippen LogP contribution in [0.3, 0.4) is 0 Å². The van der Waals surface area contributed by atoms with Crippen LogP contribution in [0.2, 0.25) is 0 Å². The van der Waals surface area contributed by atoms with E-state index in [1.807, 2.05) is 30.3 Å². The Morgan fingerprint density at radius 1 is 0.880 bits per heavy atom. The lowest BCUT2D eigenvalue weighted by Crippen LogP contribution is -2.28. The first-order chi connectivity index (χ1) is 12.1. The number of carbonyl (C=O) groups excluding carboxylic acids is 2. The van der Waals surface area contributed by atoms with Gasteiger partial charge in [0, 0.05) is 5.92 Å². The van der Waals surface area contributed by atoms with Gasteiger partial charge in [0.1, 0.15) is 11.8 Å². The van der Waals surface area contributed by atoms with Crippen LogP contribution in [0, 0.1) is 34.5 Å². The van der Waals surface area contributed by atoms with E-state index in [-0.39, 0.29) is 23.3 Å². The van der Waals surface area contributed by atoms with Crippen molar-refractivity contribution in [1.82, 2.24) is 0 Å². The molecule has 0 N–H and O–H groups in total. The monoisotopic (exact) mass is 368 g/mol. The minimum absolute atomic E-state index is 0.209. The second-order valence-electron chi connectivity index (χ2n) is 5.41. The Hall–Kier alpha value is -2.42. The second kappa shape index (κ2) is 7.64. The molecule has 6 nitrogen and oxygen atoms in total. The molecule has 0 radical (unpaired) electrons. The molecule has 124 valence electrons. The lowest BCUT2D eigenvalue weighted by atomic mass is 9.78. The minimum atomic E-state index is -0.748. The van der Waals surface area contributed by atoms with E-state index in [1.54, 1.807) is 0 Å². The summed E-state index contributed by atoms with van der Waals surface area (Å²) in [6.07, 6.45) is 0. The molecule has 2 heterocycles. The van der Waals surface area contributed by atoms with Crippen LogP contribution in [0.5, 0.6) is 0 Å². The maximum absolute atomic E-state index is 11.5. The fourth-order valence-electron chi connectivity index (χ4n) is 2.80. The fourth-order valence-corrected chi connectivity index (χ4v) is 4.56. The van der Waals surface area contributed by atoms with Crippen LogP contribution in [-0.4, -0.2) is 33.4 Å². The number of thioether (sulfide) groups is 2. The summed E-state index contributed by atoms with van der Waals surface area (Å²) in [5.41, 5.74) is 0.783. The highest BCUT2D eigenvalue weighted by Crippen LogP contribution is 2.40. The van der Waals surface area contributed by atoms with Crippen molar-refractivity contribution >= 4 is 45.4 Å². The van der Waals surface area contributed by atoms with E-state index in [2.05, 4.69) is 22.1 Å². The molecule has 0 spiro atoms. The Balaban J connectivity index is 2.06. The van der Waals surface area contributed by atoms with E-state index < -0.39 is 17.8 Å². The van der Waals surface area contributed by atoms with Crippen LogP contribution >= 0.6 is 23.5 Å². The summed E-state index contributed by atoms with van der Waals surface area (Å²) in [6.45, 7) is 0. The molecule has 2 atom stereocenters. The quantitative estimate of drug-likeness (QED) is 0.790. The molecule has 0 bridgehead atoms. The van der Waals surface area contributed by atoms with E-state index in [0.717, 1.165) is 5.56 Å². The van der Waals surface area contributed by atoms with Crippen molar-refractivity contribution in [2.75, 3.05) is 11.5 Å². The van der Waals surface area contributed by atoms with E-state index in [4.69, 9.17) is 0 Å². The molecule has 0 saturated heterocycles. The van der Waals surface area contributed by atoms with Crippen LogP contribution in [0.25, 0.3) is 0 Å². The average Bonchev–Trinajstić information content (AvgIpc) is 3.24. The van der Waals surface area contributed by atoms with Gasteiger partial charge < -0.3 is 0 Å². The Morgan fingerprint density at radius 2 is 1.36 bits per heavy atom. The molecule has 1 aromatic rings. The zero-order valence-corrected chi connectivity index (χ0v) is 14.6. The number of hydrogen-bond acceptors (Lipinski definition) is 6. The highest BCUT2D eigenvalue weighted by Gasteiger charge is 2.40. The number of amides is 2. The molecule has 2 unspecified atom stereocenters. The van der Waals surface area contributed by atoms with E-state index in [0.29, 0.717) is 10.1 Å². The Labute approximate surface area is 153 Å². The molecule has 2 amide bonds. The number of benzene rings is 1. The number of aliphatic imine (C=N–C) groups is 2. The predicted octanol–water partition coefficient (Wildman–Crippen LogP) is 2.39. The summed E-state index contributed by atoms with van der Waals surface area (Å²) in [4.78, 5) is 31.0. The van der Waals surface area contributed by atoms with E-state index >= 15 is 0 Å². The largest absolute Gasteiger partial charge is 0.272 e. The normalized spacial score (nSPS) is 20.2. The highest BCUT2D eigenvalue weighted by atomic mass is 32.2. The first-order valence-corrected chi connectivity index (χ1v) is 9.43. The molecule has 25 heavy (non-hydrogen) atoms. The van der Waals surface area contributed by atoms with Crippen LogP contribution in [0.1, 0.15) is 11.5 Å². The molecular weight excluding hydrogens is 356 g/mol. The molecule has 2 aliphatic heterocycles. The van der Waals surface area contributed by atoms with Gasteiger partial charge in [0.2, 0.25) is 0 Å². The smallest absolute Gasteiger partial charge is 0.256 e. The van der Waals surface area contributed by atoms with Crippen molar-refractivity contribution in [2.24, 2.45) is 21.8 Å². The molecular formula is C17H12N4O2S2. The summed E-state index contributed by atoms with van der Waals surface area (Å²) >= 11 is 2.46. The molecule has 0 aliphatic carbocycles. The standard InChI is InChI=1S/C17H12N4O2S2/c18-6-11(16-20-13(22)8-24-16)15(10-4-2-1-3-5-10)12(7-19)17-21-14(23)9-25-17/h1-5,11-12,15H,8-9H2. The number of nitriles is 2. The third kappa shape index (κ3) is 3.65. The molecule has 8 heteroatoms. The molecule has 2 aliphatic rings. The fraction of sp³-hybridized carbons (Fsp3) is 0.294. The van der Waals surface area contributed by atoms with Gasteiger partial charge in [0.15, 0.2) is 0 Å².